The van der Waals surface area contributed by atoms with Crippen LogP contribution in [-0.4, -0.2) is 5.91 Å². The molecule has 0 saturated carbocycles. The number of nitrogens with one attached hydrogen (secondary N) is 1. The highest BCUT2D eigenvalue weighted by atomic mass is 35.5. The van der Waals surface area contributed by atoms with Gasteiger partial charge in [0.25, 0.3) is 0 Å². The number of halogens is 1. The fourth-order valence-corrected chi connectivity index (χ4v) is 2.03. The van der Waals surface area contributed by atoms with Crippen molar-refractivity contribution in [1.29, 1.82) is 0 Å². The summed E-state index contributed by atoms with van der Waals surface area (Å²) in [6.07, 6.45) is 0.402. The van der Waals surface area contributed by atoms with Crippen molar-refractivity contribution >= 4 is 17.5 Å². The third kappa shape index (κ3) is 6.01. The maximum atomic E-state index is 11.9. The van der Waals surface area contributed by atoms with Crippen molar-refractivity contribution in [1.82, 2.24) is 5.32 Å². The minimum absolute atomic E-state index is 0. The molecule has 1 N–H and O–H groups in total. The summed E-state index contributed by atoms with van der Waals surface area (Å²) in [5.41, 5.74) is 2.06. The van der Waals surface area contributed by atoms with E-state index in [9.17, 15) is 4.79 Å². The summed E-state index contributed by atoms with van der Waals surface area (Å²) >= 11 is 5.84. The molecule has 0 aliphatic heterocycles. The van der Waals surface area contributed by atoms with Gasteiger partial charge in [0, 0.05) is 5.02 Å². The lowest BCUT2D eigenvalue weighted by atomic mass is 10.1. The largest absolute Gasteiger partial charge is 0.349 e. The molecule has 0 radical (unpaired) electrons. The van der Waals surface area contributed by atoms with Crippen molar-refractivity contribution in [2.24, 2.45) is 0 Å². The predicted molar refractivity (Wildman–Crippen MR) is 91.6 cm³/mol. The van der Waals surface area contributed by atoms with Crippen molar-refractivity contribution in [3.05, 3.63) is 70.7 Å². The van der Waals surface area contributed by atoms with E-state index >= 15 is 0 Å². The van der Waals surface area contributed by atoms with Crippen LogP contribution in [0.1, 0.15) is 38.9 Å². The molecule has 114 valence electrons. The molecular formula is C18H24ClNO. The molecule has 0 aliphatic rings. The molecule has 3 heteroatoms. The minimum Gasteiger partial charge on any atom is -0.349 e. The molecule has 1 unspecified atom stereocenters. The topological polar surface area (TPSA) is 29.1 Å². The number of amides is 1. The van der Waals surface area contributed by atoms with Gasteiger partial charge >= 0.3 is 0 Å². The molecule has 0 aromatic heterocycles. The lowest BCUT2D eigenvalue weighted by molar-refractivity contribution is -0.121. The standard InChI is InChI=1S/C16H16ClNO.2CH4/c1-12(14-7-9-15(17)10-8-14)18-16(19)11-13-5-3-2-4-6-13;;/h2-10,12H,11H2,1H3,(H,18,19);2*1H4. The van der Waals surface area contributed by atoms with Crippen molar-refractivity contribution in [3.8, 4) is 0 Å². The van der Waals surface area contributed by atoms with E-state index in [1.165, 1.54) is 0 Å². The molecule has 0 aliphatic carbocycles. The van der Waals surface area contributed by atoms with Crippen LogP contribution in [0.5, 0.6) is 0 Å². The summed E-state index contributed by atoms with van der Waals surface area (Å²) in [6, 6.07) is 17.2. The second-order valence-electron chi connectivity index (χ2n) is 4.50. The zero-order valence-corrected chi connectivity index (χ0v) is 11.5. The maximum absolute atomic E-state index is 11.9. The Kier molecular flexibility index (Phi) is 8.41. The first-order chi connectivity index (χ1) is 9.15. The molecule has 2 aromatic rings. The molecule has 0 bridgehead atoms. The Labute approximate surface area is 133 Å². The lowest BCUT2D eigenvalue weighted by Crippen LogP contribution is -2.28. The highest BCUT2D eigenvalue weighted by molar-refractivity contribution is 6.30. The van der Waals surface area contributed by atoms with Crippen molar-refractivity contribution in [2.45, 2.75) is 34.2 Å². The van der Waals surface area contributed by atoms with Gasteiger partial charge in [0.05, 0.1) is 12.5 Å². The van der Waals surface area contributed by atoms with Gasteiger partial charge in [-0.05, 0) is 30.2 Å². The van der Waals surface area contributed by atoms with E-state index in [4.69, 9.17) is 11.6 Å². The molecule has 1 atom stereocenters. The molecule has 2 aromatic carbocycles. The van der Waals surface area contributed by atoms with Gasteiger partial charge in [-0.2, -0.15) is 0 Å². The van der Waals surface area contributed by atoms with E-state index in [0.717, 1.165) is 11.1 Å². The van der Waals surface area contributed by atoms with Gasteiger partial charge in [0.1, 0.15) is 0 Å². The Hall–Kier alpha value is -1.80. The molecule has 2 rings (SSSR count). The molecule has 1 amide bonds. The van der Waals surface area contributed by atoms with Gasteiger partial charge in [0.15, 0.2) is 0 Å². The molecule has 21 heavy (non-hydrogen) atoms. The first-order valence-electron chi connectivity index (χ1n) is 6.24. The van der Waals surface area contributed by atoms with Gasteiger partial charge in [0.2, 0.25) is 5.91 Å². The lowest BCUT2D eigenvalue weighted by Gasteiger charge is -2.14. The van der Waals surface area contributed by atoms with E-state index in [2.05, 4.69) is 5.32 Å². The van der Waals surface area contributed by atoms with E-state index < -0.39 is 0 Å². The first kappa shape index (κ1) is 19.2. The first-order valence-corrected chi connectivity index (χ1v) is 6.61. The van der Waals surface area contributed by atoms with Crippen LogP contribution in [0.2, 0.25) is 5.02 Å². The molecule has 0 fully saturated rings. The Morgan fingerprint density at radius 3 is 2.19 bits per heavy atom. The average Bonchev–Trinajstić information content (AvgIpc) is 2.40. The highest BCUT2D eigenvalue weighted by Crippen LogP contribution is 2.16. The predicted octanol–water partition coefficient (Wildman–Crippen LogP) is 5.03. The van der Waals surface area contributed by atoms with Crippen LogP contribution in [0.25, 0.3) is 0 Å². The number of hydrogen-bond acceptors (Lipinski definition) is 1. The van der Waals surface area contributed by atoms with E-state index in [-0.39, 0.29) is 26.8 Å². The van der Waals surface area contributed by atoms with Crippen LogP contribution in [0.4, 0.5) is 0 Å². The van der Waals surface area contributed by atoms with Gasteiger partial charge in [-0.3, -0.25) is 4.79 Å². The highest BCUT2D eigenvalue weighted by Gasteiger charge is 2.09. The van der Waals surface area contributed by atoms with Gasteiger partial charge < -0.3 is 5.32 Å². The Bertz CT molecular complexity index is 537. The van der Waals surface area contributed by atoms with E-state index in [0.29, 0.717) is 11.4 Å². The summed E-state index contributed by atoms with van der Waals surface area (Å²) in [4.78, 5) is 11.9. The molecule has 0 heterocycles. The smallest absolute Gasteiger partial charge is 0.224 e. The SMILES string of the molecule is C.C.CC(NC(=O)Cc1ccccc1)c1ccc(Cl)cc1. The minimum atomic E-state index is -0.0199. The van der Waals surface area contributed by atoms with Crippen LogP contribution < -0.4 is 5.32 Å². The summed E-state index contributed by atoms with van der Waals surface area (Å²) in [6.45, 7) is 1.96. The second-order valence-corrected chi connectivity index (χ2v) is 4.94. The number of hydrogen-bond donors (Lipinski definition) is 1. The number of carbonyl (C=O) groups excluding carboxylic acids is 1. The average molecular weight is 306 g/mol. The van der Waals surface area contributed by atoms with Gasteiger partial charge in [-0.15, -0.1) is 0 Å². The number of benzene rings is 2. The Morgan fingerprint density at radius 1 is 1.05 bits per heavy atom. The zero-order valence-electron chi connectivity index (χ0n) is 10.8. The fraction of sp³-hybridized carbons (Fsp3) is 0.278. The summed E-state index contributed by atoms with van der Waals surface area (Å²) in [5.74, 6) is 0.0219. The number of rotatable bonds is 4. The van der Waals surface area contributed by atoms with Crippen molar-refractivity contribution in [2.75, 3.05) is 0 Å². The molecule has 2 nitrogen and oxygen atoms in total. The van der Waals surface area contributed by atoms with Crippen LogP contribution in [0, 0.1) is 0 Å². The van der Waals surface area contributed by atoms with Crippen LogP contribution >= 0.6 is 11.6 Å². The second kappa shape index (κ2) is 9.19. The fourth-order valence-electron chi connectivity index (χ4n) is 1.91. The zero-order chi connectivity index (χ0) is 13.7. The summed E-state index contributed by atoms with van der Waals surface area (Å²) in [7, 11) is 0. The monoisotopic (exact) mass is 305 g/mol. The third-order valence-corrected chi connectivity index (χ3v) is 3.21. The molecular weight excluding hydrogens is 282 g/mol. The summed E-state index contributed by atoms with van der Waals surface area (Å²) < 4.78 is 0. The van der Waals surface area contributed by atoms with E-state index in [1.54, 1.807) is 0 Å². The Balaban J connectivity index is 0.00000200. The third-order valence-electron chi connectivity index (χ3n) is 2.96. The molecule has 0 saturated heterocycles. The summed E-state index contributed by atoms with van der Waals surface area (Å²) in [5, 5.41) is 3.68. The molecule has 0 spiro atoms. The Morgan fingerprint density at radius 2 is 1.62 bits per heavy atom. The normalized spacial score (nSPS) is 10.8. The van der Waals surface area contributed by atoms with E-state index in [1.807, 2.05) is 61.5 Å². The van der Waals surface area contributed by atoms with Crippen molar-refractivity contribution < 1.29 is 4.79 Å². The van der Waals surface area contributed by atoms with Crippen LogP contribution in [-0.2, 0) is 11.2 Å². The van der Waals surface area contributed by atoms with Crippen LogP contribution in [0.15, 0.2) is 54.6 Å². The maximum Gasteiger partial charge on any atom is 0.224 e. The van der Waals surface area contributed by atoms with Gasteiger partial charge in [-0.25, -0.2) is 0 Å². The number of carbonyl (C=O) groups is 1. The van der Waals surface area contributed by atoms with Gasteiger partial charge in [-0.1, -0.05) is 68.9 Å². The van der Waals surface area contributed by atoms with Crippen LogP contribution in [0.3, 0.4) is 0 Å². The quantitative estimate of drug-likeness (QED) is 0.843. The van der Waals surface area contributed by atoms with Crippen molar-refractivity contribution in [3.63, 3.8) is 0 Å².